The van der Waals surface area contributed by atoms with E-state index in [0.29, 0.717) is 18.7 Å². The smallest absolute Gasteiger partial charge is 0.271 e. The van der Waals surface area contributed by atoms with Crippen molar-refractivity contribution in [1.82, 2.24) is 15.1 Å². The maximum Gasteiger partial charge on any atom is 0.271 e. The lowest BCUT2D eigenvalue weighted by molar-refractivity contribution is 0.0946. The molecule has 0 aliphatic rings. The van der Waals surface area contributed by atoms with Gasteiger partial charge in [0.05, 0.1) is 11.4 Å². The van der Waals surface area contributed by atoms with Crippen molar-refractivity contribution < 1.29 is 17.9 Å². The van der Waals surface area contributed by atoms with Gasteiger partial charge in [0.25, 0.3) is 11.5 Å². The zero-order valence-corrected chi connectivity index (χ0v) is 17.4. The molecule has 0 aliphatic carbocycles. The van der Waals surface area contributed by atoms with Crippen LogP contribution < -0.4 is 20.8 Å². The summed E-state index contributed by atoms with van der Waals surface area (Å²) in [6.07, 6.45) is 0.487. The van der Waals surface area contributed by atoms with E-state index in [4.69, 9.17) is 9.88 Å². The molecule has 3 aromatic rings. The van der Waals surface area contributed by atoms with Gasteiger partial charge in [0.15, 0.2) is 0 Å². The summed E-state index contributed by atoms with van der Waals surface area (Å²) in [6, 6.07) is 17.9. The maximum absolute atomic E-state index is 12.4. The van der Waals surface area contributed by atoms with Crippen LogP contribution in [0.3, 0.4) is 0 Å². The standard InChI is InChI=1S/C21H22N4O5S/c22-31(28,29)18-8-6-16(7-9-18)12-13-23-21(27)19-10-11-20(26)25(24-19)14-15-30-17-4-2-1-3-5-17/h1-11H,12-15H2,(H,23,27)(H2,22,28,29). The first kappa shape index (κ1) is 22.2. The first-order chi connectivity index (χ1) is 14.8. The van der Waals surface area contributed by atoms with Crippen LogP contribution in [0.5, 0.6) is 5.75 Å². The highest BCUT2D eigenvalue weighted by molar-refractivity contribution is 7.89. The molecule has 10 heteroatoms. The van der Waals surface area contributed by atoms with E-state index in [1.165, 1.54) is 28.9 Å². The van der Waals surface area contributed by atoms with Crippen molar-refractivity contribution in [1.29, 1.82) is 0 Å². The van der Waals surface area contributed by atoms with E-state index >= 15 is 0 Å². The molecule has 1 amide bonds. The molecule has 0 radical (unpaired) electrons. The molecule has 3 rings (SSSR count). The Morgan fingerprint density at radius 1 is 1.03 bits per heavy atom. The van der Waals surface area contributed by atoms with Crippen LogP contribution in [0, 0.1) is 0 Å². The van der Waals surface area contributed by atoms with Crippen LogP contribution >= 0.6 is 0 Å². The lowest BCUT2D eigenvalue weighted by Gasteiger charge is -2.09. The molecular formula is C21H22N4O5S. The van der Waals surface area contributed by atoms with Crippen LogP contribution in [0.1, 0.15) is 16.1 Å². The van der Waals surface area contributed by atoms with Gasteiger partial charge in [-0.05, 0) is 42.3 Å². The monoisotopic (exact) mass is 442 g/mol. The van der Waals surface area contributed by atoms with Crippen LogP contribution in [0.2, 0.25) is 0 Å². The molecule has 31 heavy (non-hydrogen) atoms. The minimum atomic E-state index is -3.73. The Morgan fingerprint density at radius 3 is 2.42 bits per heavy atom. The number of aromatic nitrogens is 2. The molecule has 9 nitrogen and oxygen atoms in total. The van der Waals surface area contributed by atoms with Crippen LogP contribution in [0.25, 0.3) is 0 Å². The summed E-state index contributed by atoms with van der Waals surface area (Å²) >= 11 is 0. The molecule has 0 spiro atoms. The van der Waals surface area contributed by atoms with E-state index in [-0.39, 0.29) is 29.3 Å². The van der Waals surface area contributed by atoms with Gasteiger partial charge in [-0.1, -0.05) is 30.3 Å². The van der Waals surface area contributed by atoms with Crippen molar-refractivity contribution >= 4 is 15.9 Å². The van der Waals surface area contributed by atoms with E-state index in [2.05, 4.69) is 10.4 Å². The molecule has 162 valence electrons. The number of rotatable bonds is 9. The Balaban J connectivity index is 1.53. The number of hydrogen-bond donors (Lipinski definition) is 2. The second-order valence-corrected chi connectivity index (χ2v) is 8.20. The number of amides is 1. The lowest BCUT2D eigenvalue weighted by Crippen LogP contribution is -2.31. The van der Waals surface area contributed by atoms with E-state index in [0.717, 1.165) is 5.56 Å². The zero-order chi connectivity index (χ0) is 22.3. The maximum atomic E-state index is 12.4. The highest BCUT2D eigenvalue weighted by atomic mass is 32.2. The predicted molar refractivity (Wildman–Crippen MR) is 114 cm³/mol. The molecule has 0 fully saturated rings. The van der Waals surface area contributed by atoms with Gasteiger partial charge in [-0.25, -0.2) is 18.2 Å². The molecule has 0 atom stereocenters. The second kappa shape index (κ2) is 10.0. The van der Waals surface area contributed by atoms with Gasteiger partial charge in [0.2, 0.25) is 10.0 Å². The summed E-state index contributed by atoms with van der Waals surface area (Å²) in [6.45, 7) is 0.743. The molecule has 2 aromatic carbocycles. The van der Waals surface area contributed by atoms with E-state index in [1.807, 2.05) is 30.3 Å². The van der Waals surface area contributed by atoms with Crippen LogP contribution in [-0.2, 0) is 23.0 Å². The van der Waals surface area contributed by atoms with Gasteiger partial charge in [-0.15, -0.1) is 0 Å². The number of hydrogen-bond acceptors (Lipinski definition) is 6. The Hall–Kier alpha value is -3.50. The molecule has 0 saturated carbocycles. The Morgan fingerprint density at radius 2 is 1.74 bits per heavy atom. The molecule has 0 bridgehead atoms. The number of carbonyl (C=O) groups is 1. The third-order valence-electron chi connectivity index (χ3n) is 4.37. The summed E-state index contributed by atoms with van der Waals surface area (Å²) in [5.74, 6) is 0.264. The average Bonchev–Trinajstić information content (AvgIpc) is 2.75. The number of nitrogens with one attached hydrogen (secondary N) is 1. The SMILES string of the molecule is NS(=O)(=O)c1ccc(CCNC(=O)c2ccc(=O)n(CCOc3ccccc3)n2)cc1. The van der Waals surface area contributed by atoms with Gasteiger partial charge in [0, 0.05) is 12.6 Å². The van der Waals surface area contributed by atoms with E-state index in [1.54, 1.807) is 12.1 Å². The van der Waals surface area contributed by atoms with Gasteiger partial charge in [-0.2, -0.15) is 5.10 Å². The highest BCUT2D eigenvalue weighted by Gasteiger charge is 2.10. The first-order valence-corrected chi connectivity index (χ1v) is 11.0. The van der Waals surface area contributed by atoms with Crippen molar-refractivity contribution in [2.45, 2.75) is 17.9 Å². The minimum Gasteiger partial charge on any atom is -0.492 e. The van der Waals surface area contributed by atoms with Crippen LogP contribution in [-0.4, -0.2) is 37.3 Å². The average molecular weight is 442 g/mol. The summed E-state index contributed by atoms with van der Waals surface area (Å²) in [5, 5.41) is 11.9. The predicted octanol–water partition coefficient (Wildman–Crippen LogP) is 0.942. The van der Waals surface area contributed by atoms with Crippen LogP contribution in [0.15, 0.2) is 76.4 Å². The number of nitrogens with two attached hydrogens (primary N) is 1. The molecule has 1 heterocycles. The number of primary sulfonamides is 1. The third-order valence-corrected chi connectivity index (χ3v) is 5.29. The third kappa shape index (κ3) is 6.49. The molecule has 0 unspecified atom stereocenters. The van der Waals surface area contributed by atoms with Crippen molar-refractivity contribution in [2.75, 3.05) is 13.2 Å². The Kier molecular flexibility index (Phi) is 7.16. The first-order valence-electron chi connectivity index (χ1n) is 9.49. The van der Waals surface area contributed by atoms with Crippen molar-refractivity contribution in [2.24, 2.45) is 5.14 Å². The number of para-hydroxylation sites is 1. The van der Waals surface area contributed by atoms with Crippen LogP contribution in [0.4, 0.5) is 0 Å². The van der Waals surface area contributed by atoms with Gasteiger partial charge < -0.3 is 10.1 Å². The topological polar surface area (TPSA) is 133 Å². The molecule has 0 aliphatic heterocycles. The fraction of sp³-hybridized carbons (Fsp3) is 0.190. The number of sulfonamides is 1. The summed E-state index contributed by atoms with van der Waals surface area (Å²) in [5.41, 5.74) is 0.621. The van der Waals surface area contributed by atoms with E-state index < -0.39 is 15.9 Å². The van der Waals surface area contributed by atoms with Crippen molar-refractivity contribution in [3.8, 4) is 5.75 Å². The summed E-state index contributed by atoms with van der Waals surface area (Å²) in [7, 11) is -3.73. The molecule has 0 saturated heterocycles. The normalized spacial score (nSPS) is 11.1. The van der Waals surface area contributed by atoms with Gasteiger partial charge in [0.1, 0.15) is 18.1 Å². The van der Waals surface area contributed by atoms with Crippen molar-refractivity contribution in [3.63, 3.8) is 0 Å². The minimum absolute atomic E-state index is 0.0305. The Labute approximate surface area is 179 Å². The lowest BCUT2D eigenvalue weighted by atomic mass is 10.1. The molecular weight excluding hydrogens is 420 g/mol. The van der Waals surface area contributed by atoms with Gasteiger partial charge >= 0.3 is 0 Å². The largest absolute Gasteiger partial charge is 0.492 e. The zero-order valence-electron chi connectivity index (χ0n) is 16.6. The number of benzene rings is 2. The van der Waals surface area contributed by atoms with E-state index in [9.17, 15) is 18.0 Å². The molecule has 1 aromatic heterocycles. The summed E-state index contributed by atoms with van der Waals surface area (Å²) < 4.78 is 29.3. The highest BCUT2D eigenvalue weighted by Crippen LogP contribution is 2.09. The summed E-state index contributed by atoms with van der Waals surface area (Å²) in [4.78, 5) is 24.4. The fourth-order valence-electron chi connectivity index (χ4n) is 2.75. The fourth-order valence-corrected chi connectivity index (χ4v) is 3.27. The number of nitrogens with zero attached hydrogens (tertiary/aromatic N) is 2. The number of carbonyl (C=O) groups excluding carboxylic acids is 1. The number of ether oxygens (including phenoxy) is 1. The van der Waals surface area contributed by atoms with Gasteiger partial charge in [-0.3, -0.25) is 9.59 Å². The van der Waals surface area contributed by atoms with Crippen molar-refractivity contribution in [3.05, 3.63) is 88.3 Å². The quantitative estimate of drug-likeness (QED) is 0.507. The second-order valence-electron chi connectivity index (χ2n) is 6.64. The molecule has 3 N–H and O–H groups in total. The Bertz CT molecular complexity index is 1190.